The second kappa shape index (κ2) is 6.70. The highest BCUT2D eigenvalue weighted by atomic mass is 16.5. The number of hydrogen-bond acceptors (Lipinski definition) is 4. The van der Waals surface area contributed by atoms with Crippen LogP contribution in [-0.2, 0) is 6.61 Å². The van der Waals surface area contributed by atoms with Gasteiger partial charge in [-0.05, 0) is 42.0 Å². The Morgan fingerprint density at radius 1 is 0.700 bits per heavy atom. The lowest BCUT2D eigenvalue weighted by molar-refractivity contribution is 0.303. The van der Waals surface area contributed by atoms with Gasteiger partial charge in [0.1, 0.15) is 18.1 Å². The van der Waals surface area contributed by atoms with Crippen molar-refractivity contribution in [1.82, 2.24) is 0 Å². The van der Waals surface area contributed by atoms with Crippen molar-refractivity contribution in [3.8, 4) is 23.0 Å². The van der Waals surface area contributed by atoms with E-state index in [1.807, 2.05) is 42.5 Å². The minimum atomic E-state index is 0.465. The summed E-state index contributed by atoms with van der Waals surface area (Å²) in [6.45, 7) is 0.465. The molecule has 0 bridgehead atoms. The van der Waals surface area contributed by atoms with Crippen molar-refractivity contribution < 1.29 is 18.9 Å². The minimum Gasteiger partial charge on any atom is -0.497 e. The predicted octanol–water partition coefficient (Wildman–Crippen LogP) is 3.29. The van der Waals surface area contributed by atoms with Gasteiger partial charge >= 0.3 is 0 Å². The Kier molecular flexibility index (Phi) is 4.71. The summed E-state index contributed by atoms with van der Waals surface area (Å²) in [6, 6.07) is 13.2. The smallest absolute Gasteiger partial charge is 0.161 e. The molecule has 0 saturated carbocycles. The largest absolute Gasteiger partial charge is 0.497 e. The SMILES string of the molecule is COc1ccc(OCc2ccc(OC)c(OC)c2)cc1. The molecule has 20 heavy (non-hydrogen) atoms. The fourth-order valence-electron chi connectivity index (χ4n) is 1.81. The van der Waals surface area contributed by atoms with Crippen molar-refractivity contribution in [2.24, 2.45) is 0 Å². The Hall–Kier alpha value is -2.36. The first-order chi connectivity index (χ1) is 9.76. The van der Waals surface area contributed by atoms with Gasteiger partial charge in [0, 0.05) is 0 Å². The van der Waals surface area contributed by atoms with E-state index in [1.165, 1.54) is 0 Å². The zero-order valence-electron chi connectivity index (χ0n) is 11.9. The molecular weight excluding hydrogens is 256 g/mol. The van der Waals surface area contributed by atoms with E-state index >= 15 is 0 Å². The van der Waals surface area contributed by atoms with Gasteiger partial charge in [-0.1, -0.05) is 6.07 Å². The van der Waals surface area contributed by atoms with Crippen LogP contribution in [-0.4, -0.2) is 21.3 Å². The van der Waals surface area contributed by atoms with Gasteiger partial charge in [-0.3, -0.25) is 0 Å². The third-order valence-electron chi connectivity index (χ3n) is 2.91. The zero-order valence-corrected chi connectivity index (χ0v) is 11.9. The quantitative estimate of drug-likeness (QED) is 0.810. The van der Waals surface area contributed by atoms with Gasteiger partial charge in [0.05, 0.1) is 21.3 Å². The molecule has 2 aromatic rings. The lowest BCUT2D eigenvalue weighted by Crippen LogP contribution is -1.97. The number of rotatable bonds is 6. The number of benzene rings is 2. The first kappa shape index (κ1) is 14.1. The van der Waals surface area contributed by atoms with Gasteiger partial charge < -0.3 is 18.9 Å². The van der Waals surface area contributed by atoms with Crippen LogP contribution in [0.25, 0.3) is 0 Å². The maximum Gasteiger partial charge on any atom is 0.161 e. The van der Waals surface area contributed by atoms with E-state index in [4.69, 9.17) is 18.9 Å². The Balaban J connectivity index is 2.02. The molecule has 0 fully saturated rings. The van der Waals surface area contributed by atoms with Crippen molar-refractivity contribution in [2.45, 2.75) is 6.61 Å². The summed E-state index contributed by atoms with van der Waals surface area (Å²) >= 11 is 0. The molecule has 0 aliphatic carbocycles. The average molecular weight is 274 g/mol. The van der Waals surface area contributed by atoms with Crippen LogP contribution in [0.3, 0.4) is 0 Å². The summed E-state index contributed by atoms with van der Waals surface area (Å²) in [4.78, 5) is 0. The van der Waals surface area contributed by atoms with Gasteiger partial charge in [-0.2, -0.15) is 0 Å². The molecule has 0 aromatic heterocycles. The van der Waals surface area contributed by atoms with Crippen LogP contribution in [0.4, 0.5) is 0 Å². The second-order valence-electron chi connectivity index (χ2n) is 4.15. The van der Waals surface area contributed by atoms with E-state index in [0.29, 0.717) is 18.1 Å². The molecule has 0 amide bonds. The van der Waals surface area contributed by atoms with E-state index in [-0.39, 0.29) is 0 Å². The van der Waals surface area contributed by atoms with E-state index < -0.39 is 0 Å². The van der Waals surface area contributed by atoms with Gasteiger partial charge in [0.15, 0.2) is 11.5 Å². The maximum absolute atomic E-state index is 5.71. The Labute approximate surface area is 118 Å². The predicted molar refractivity (Wildman–Crippen MR) is 76.9 cm³/mol. The van der Waals surface area contributed by atoms with Crippen LogP contribution in [0.2, 0.25) is 0 Å². The molecule has 0 radical (unpaired) electrons. The van der Waals surface area contributed by atoms with E-state index in [9.17, 15) is 0 Å². The number of methoxy groups -OCH3 is 3. The second-order valence-corrected chi connectivity index (χ2v) is 4.15. The van der Waals surface area contributed by atoms with Crippen LogP contribution in [0.1, 0.15) is 5.56 Å². The molecule has 4 nitrogen and oxygen atoms in total. The molecule has 0 N–H and O–H groups in total. The van der Waals surface area contributed by atoms with Crippen molar-refractivity contribution in [1.29, 1.82) is 0 Å². The highest BCUT2D eigenvalue weighted by Crippen LogP contribution is 2.28. The van der Waals surface area contributed by atoms with E-state index in [0.717, 1.165) is 17.1 Å². The van der Waals surface area contributed by atoms with Crippen LogP contribution in [0, 0.1) is 0 Å². The van der Waals surface area contributed by atoms with Crippen molar-refractivity contribution in [3.63, 3.8) is 0 Å². The summed E-state index contributed by atoms with van der Waals surface area (Å²) in [7, 11) is 4.87. The molecule has 0 aliphatic rings. The van der Waals surface area contributed by atoms with Gasteiger partial charge in [0.2, 0.25) is 0 Å². The van der Waals surface area contributed by atoms with Crippen molar-refractivity contribution in [2.75, 3.05) is 21.3 Å². The minimum absolute atomic E-state index is 0.465. The van der Waals surface area contributed by atoms with Gasteiger partial charge in [-0.15, -0.1) is 0 Å². The molecule has 2 aromatic carbocycles. The first-order valence-corrected chi connectivity index (χ1v) is 6.24. The Bertz CT molecular complexity index is 549. The third-order valence-corrected chi connectivity index (χ3v) is 2.91. The van der Waals surface area contributed by atoms with Crippen LogP contribution < -0.4 is 18.9 Å². The Morgan fingerprint density at radius 2 is 1.35 bits per heavy atom. The molecule has 106 valence electrons. The fourth-order valence-corrected chi connectivity index (χ4v) is 1.81. The molecule has 0 unspecified atom stereocenters. The molecular formula is C16H18O4. The highest BCUT2D eigenvalue weighted by Gasteiger charge is 2.05. The maximum atomic E-state index is 5.71. The van der Waals surface area contributed by atoms with Crippen LogP contribution in [0.15, 0.2) is 42.5 Å². The van der Waals surface area contributed by atoms with Crippen molar-refractivity contribution >= 4 is 0 Å². The zero-order chi connectivity index (χ0) is 14.4. The molecule has 0 spiro atoms. The molecule has 0 heterocycles. The number of ether oxygens (including phenoxy) is 4. The van der Waals surface area contributed by atoms with E-state index in [2.05, 4.69) is 0 Å². The topological polar surface area (TPSA) is 36.9 Å². The highest BCUT2D eigenvalue weighted by molar-refractivity contribution is 5.43. The summed E-state index contributed by atoms with van der Waals surface area (Å²) in [5.41, 5.74) is 1.01. The molecule has 0 saturated heterocycles. The van der Waals surface area contributed by atoms with E-state index in [1.54, 1.807) is 21.3 Å². The summed E-state index contributed by atoms with van der Waals surface area (Å²) in [5.74, 6) is 3.01. The number of hydrogen-bond donors (Lipinski definition) is 0. The lowest BCUT2D eigenvalue weighted by Gasteiger charge is -2.11. The van der Waals surface area contributed by atoms with Crippen LogP contribution >= 0.6 is 0 Å². The third kappa shape index (κ3) is 3.35. The standard InChI is InChI=1S/C16H18O4/c1-17-13-5-7-14(8-6-13)20-11-12-4-9-15(18-2)16(10-12)19-3/h4-10H,11H2,1-3H3. The summed E-state index contributed by atoms with van der Waals surface area (Å²) in [5, 5.41) is 0. The summed E-state index contributed by atoms with van der Waals surface area (Å²) in [6.07, 6.45) is 0. The summed E-state index contributed by atoms with van der Waals surface area (Å²) < 4.78 is 21.3. The molecule has 4 heteroatoms. The fraction of sp³-hybridized carbons (Fsp3) is 0.250. The Morgan fingerprint density at radius 3 is 1.95 bits per heavy atom. The monoisotopic (exact) mass is 274 g/mol. The molecule has 0 atom stereocenters. The lowest BCUT2D eigenvalue weighted by atomic mass is 10.2. The average Bonchev–Trinajstić information content (AvgIpc) is 2.53. The van der Waals surface area contributed by atoms with Crippen molar-refractivity contribution in [3.05, 3.63) is 48.0 Å². The first-order valence-electron chi connectivity index (χ1n) is 6.24. The van der Waals surface area contributed by atoms with Gasteiger partial charge in [-0.25, -0.2) is 0 Å². The van der Waals surface area contributed by atoms with Gasteiger partial charge in [0.25, 0.3) is 0 Å². The molecule has 2 rings (SSSR count). The van der Waals surface area contributed by atoms with Crippen LogP contribution in [0.5, 0.6) is 23.0 Å². The normalized spacial score (nSPS) is 9.95. The molecule has 0 aliphatic heterocycles.